The Bertz CT molecular complexity index is 638. The highest BCUT2D eigenvalue weighted by atomic mass is 15.0. The summed E-state index contributed by atoms with van der Waals surface area (Å²) >= 11 is 0. The summed E-state index contributed by atoms with van der Waals surface area (Å²) in [6.07, 6.45) is 1.90. The fourth-order valence-electron chi connectivity index (χ4n) is 2.12. The first-order valence-electron chi connectivity index (χ1n) is 5.89. The zero-order chi connectivity index (χ0) is 11.7. The van der Waals surface area contributed by atoms with E-state index in [0.29, 0.717) is 0 Å². The highest BCUT2D eigenvalue weighted by Crippen LogP contribution is 2.23. The summed E-state index contributed by atoms with van der Waals surface area (Å²) in [5, 5.41) is 0. The predicted octanol–water partition coefficient (Wildman–Crippen LogP) is 3.72. The van der Waals surface area contributed by atoms with Gasteiger partial charge < -0.3 is 4.57 Å². The van der Waals surface area contributed by atoms with Crippen LogP contribution in [-0.4, -0.2) is 9.55 Å². The van der Waals surface area contributed by atoms with E-state index in [0.717, 1.165) is 12.1 Å². The fourth-order valence-corrected chi connectivity index (χ4v) is 2.12. The quantitative estimate of drug-likeness (QED) is 0.646. The number of hydrogen-bond donors (Lipinski definition) is 0. The Morgan fingerprint density at radius 3 is 2.59 bits per heavy atom. The normalized spacial score (nSPS) is 10.9. The van der Waals surface area contributed by atoms with Crippen LogP contribution in [0.2, 0.25) is 0 Å². The standard InChI is InChI=1S/C15H14N2/c1-2-17-11-16-14-9-8-13(10-15(14)17)12-6-4-3-5-7-12/h3-11H,2H2,1H3. The van der Waals surface area contributed by atoms with Gasteiger partial charge in [-0.1, -0.05) is 36.4 Å². The Kier molecular flexibility index (Phi) is 2.41. The van der Waals surface area contributed by atoms with Gasteiger partial charge in [-0.2, -0.15) is 0 Å². The van der Waals surface area contributed by atoms with Gasteiger partial charge in [-0.25, -0.2) is 4.98 Å². The summed E-state index contributed by atoms with van der Waals surface area (Å²) in [5.74, 6) is 0. The minimum Gasteiger partial charge on any atom is -0.331 e. The Balaban J connectivity index is 2.19. The average molecular weight is 222 g/mol. The molecule has 0 amide bonds. The molecule has 0 aliphatic heterocycles. The lowest BCUT2D eigenvalue weighted by atomic mass is 10.1. The van der Waals surface area contributed by atoms with Gasteiger partial charge in [-0.3, -0.25) is 0 Å². The Hall–Kier alpha value is -2.09. The van der Waals surface area contributed by atoms with Crippen molar-refractivity contribution in [2.45, 2.75) is 13.5 Å². The highest BCUT2D eigenvalue weighted by molar-refractivity contribution is 5.82. The molecule has 0 aliphatic carbocycles. The van der Waals surface area contributed by atoms with E-state index in [1.54, 1.807) is 0 Å². The third kappa shape index (κ3) is 1.72. The number of aryl methyl sites for hydroxylation is 1. The molecule has 1 heterocycles. The molecular formula is C15H14N2. The molecule has 2 nitrogen and oxygen atoms in total. The van der Waals surface area contributed by atoms with Gasteiger partial charge in [0.25, 0.3) is 0 Å². The first kappa shape index (κ1) is 10.1. The first-order valence-corrected chi connectivity index (χ1v) is 5.89. The summed E-state index contributed by atoms with van der Waals surface area (Å²) in [6.45, 7) is 3.09. The summed E-state index contributed by atoms with van der Waals surface area (Å²) in [5.41, 5.74) is 4.76. The minimum atomic E-state index is 0.953. The molecule has 0 unspecified atom stereocenters. The van der Waals surface area contributed by atoms with Crippen LogP contribution in [0, 0.1) is 0 Å². The predicted molar refractivity (Wildman–Crippen MR) is 70.8 cm³/mol. The molecule has 0 fully saturated rings. The minimum absolute atomic E-state index is 0.953. The van der Waals surface area contributed by atoms with Gasteiger partial charge in [0.05, 0.1) is 17.4 Å². The molecule has 0 N–H and O–H groups in total. The lowest BCUT2D eigenvalue weighted by molar-refractivity contribution is 0.787. The Labute approximate surface area is 101 Å². The van der Waals surface area contributed by atoms with Crippen molar-refractivity contribution in [2.75, 3.05) is 0 Å². The van der Waals surface area contributed by atoms with Crippen LogP contribution in [0.25, 0.3) is 22.2 Å². The van der Waals surface area contributed by atoms with Gasteiger partial charge in [-0.05, 0) is 30.2 Å². The number of nitrogens with zero attached hydrogens (tertiary/aromatic N) is 2. The van der Waals surface area contributed by atoms with Crippen molar-refractivity contribution in [2.24, 2.45) is 0 Å². The maximum absolute atomic E-state index is 4.39. The third-order valence-electron chi connectivity index (χ3n) is 3.07. The van der Waals surface area contributed by atoms with E-state index in [1.165, 1.54) is 16.6 Å². The molecule has 0 saturated heterocycles. The van der Waals surface area contributed by atoms with E-state index in [2.05, 4.69) is 58.9 Å². The summed E-state index contributed by atoms with van der Waals surface area (Å²) < 4.78 is 2.17. The number of fused-ring (bicyclic) bond motifs is 1. The van der Waals surface area contributed by atoms with Gasteiger partial charge in [0.15, 0.2) is 0 Å². The number of benzene rings is 2. The number of hydrogen-bond acceptors (Lipinski definition) is 1. The van der Waals surface area contributed by atoms with E-state index in [1.807, 2.05) is 12.4 Å². The van der Waals surface area contributed by atoms with Gasteiger partial charge in [0.2, 0.25) is 0 Å². The van der Waals surface area contributed by atoms with Crippen molar-refractivity contribution < 1.29 is 0 Å². The molecule has 0 bridgehead atoms. The monoisotopic (exact) mass is 222 g/mol. The van der Waals surface area contributed by atoms with Crippen molar-refractivity contribution in [3.63, 3.8) is 0 Å². The molecule has 17 heavy (non-hydrogen) atoms. The van der Waals surface area contributed by atoms with Crippen LogP contribution < -0.4 is 0 Å². The van der Waals surface area contributed by atoms with Crippen molar-refractivity contribution in [3.8, 4) is 11.1 Å². The van der Waals surface area contributed by atoms with E-state index in [-0.39, 0.29) is 0 Å². The molecule has 0 saturated carbocycles. The molecule has 84 valence electrons. The van der Waals surface area contributed by atoms with E-state index < -0.39 is 0 Å². The van der Waals surface area contributed by atoms with Gasteiger partial charge in [-0.15, -0.1) is 0 Å². The van der Waals surface area contributed by atoms with Crippen LogP contribution in [0.3, 0.4) is 0 Å². The second kappa shape index (κ2) is 4.06. The molecule has 0 aliphatic rings. The van der Waals surface area contributed by atoms with Crippen LogP contribution in [-0.2, 0) is 6.54 Å². The molecule has 2 heteroatoms. The molecule has 3 aromatic rings. The fraction of sp³-hybridized carbons (Fsp3) is 0.133. The van der Waals surface area contributed by atoms with Crippen LogP contribution >= 0.6 is 0 Å². The zero-order valence-corrected chi connectivity index (χ0v) is 9.80. The second-order valence-corrected chi connectivity index (χ2v) is 4.10. The second-order valence-electron chi connectivity index (χ2n) is 4.10. The smallest absolute Gasteiger partial charge is 0.0958 e. The maximum Gasteiger partial charge on any atom is 0.0958 e. The molecule has 0 radical (unpaired) electrons. The molecule has 1 aromatic heterocycles. The van der Waals surface area contributed by atoms with Crippen LogP contribution in [0.4, 0.5) is 0 Å². The Morgan fingerprint density at radius 1 is 1.00 bits per heavy atom. The number of imidazole rings is 1. The topological polar surface area (TPSA) is 17.8 Å². The van der Waals surface area contributed by atoms with E-state index in [9.17, 15) is 0 Å². The first-order chi connectivity index (χ1) is 8.38. The van der Waals surface area contributed by atoms with Gasteiger partial charge in [0, 0.05) is 6.54 Å². The van der Waals surface area contributed by atoms with E-state index in [4.69, 9.17) is 0 Å². The molecule has 3 rings (SSSR count). The number of rotatable bonds is 2. The maximum atomic E-state index is 4.39. The van der Waals surface area contributed by atoms with E-state index >= 15 is 0 Å². The van der Waals surface area contributed by atoms with Crippen LogP contribution in [0.15, 0.2) is 54.9 Å². The van der Waals surface area contributed by atoms with Crippen molar-refractivity contribution >= 4 is 11.0 Å². The van der Waals surface area contributed by atoms with Crippen LogP contribution in [0.5, 0.6) is 0 Å². The molecule has 0 atom stereocenters. The molecular weight excluding hydrogens is 208 g/mol. The Morgan fingerprint density at radius 2 is 1.82 bits per heavy atom. The zero-order valence-electron chi connectivity index (χ0n) is 9.80. The SMILES string of the molecule is CCn1cnc2ccc(-c3ccccc3)cc21. The number of aromatic nitrogens is 2. The third-order valence-corrected chi connectivity index (χ3v) is 3.07. The lowest BCUT2D eigenvalue weighted by Gasteiger charge is -2.03. The molecule has 0 spiro atoms. The van der Waals surface area contributed by atoms with Gasteiger partial charge in [0.1, 0.15) is 0 Å². The summed E-state index contributed by atoms with van der Waals surface area (Å²) in [7, 11) is 0. The lowest BCUT2D eigenvalue weighted by Crippen LogP contribution is -1.90. The summed E-state index contributed by atoms with van der Waals surface area (Å²) in [4.78, 5) is 4.39. The van der Waals surface area contributed by atoms with Crippen LogP contribution in [0.1, 0.15) is 6.92 Å². The van der Waals surface area contributed by atoms with Crippen molar-refractivity contribution in [3.05, 3.63) is 54.9 Å². The summed E-state index contributed by atoms with van der Waals surface area (Å²) in [6, 6.07) is 16.9. The average Bonchev–Trinajstić information content (AvgIpc) is 2.81. The molecule has 2 aromatic carbocycles. The van der Waals surface area contributed by atoms with Gasteiger partial charge >= 0.3 is 0 Å². The van der Waals surface area contributed by atoms with Crippen molar-refractivity contribution in [1.29, 1.82) is 0 Å². The van der Waals surface area contributed by atoms with Crippen molar-refractivity contribution in [1.82, 2.24) is 9.55 Å². The highest BCUT2D eigenvalue weighted by Gasteiger charge is 2.03. The largest absolute Gasteiger partial charge is 0.331 e.